The first-order valence-corrected chi connectivity index (χ1v) is 5.64. The molecule has 2 nitrogen and oxygen atoms in total. The Balaban J connectivity index is 2.00. The van der Waals surface area contributed by atoms with Crippen molar-refractivity contribution >= 4 is 0 Å². The van der Waals surface area contributed by atoms with E-state index < -0.39 is 0 Å². The van der Waals surface area contributed by atoms with Crippen molar-refractivity contribution in [3.8, 4) is 0 Å². The highest BCUT2D eigenvalue weighted by molar-refractivity contribution is 5.17. The maximum Gasteiger partial charge on any atom is 0.123 e. The molecule has 0 spiro atoms. The summed E-state index contributed by atoms with van der Waals surface area (Å²) < 4.78 is 18.0. The number of aliphatic hydroxyl groups is 1. The molecule has 0 aliphatic heterocycles. The fourth-order valence-corrected chi connectivity index (χ4v) is 1.94. The summed E-state index contributed by atoms with van der Waals surface area (Å²) >= 11 is 0. The van der Waals surface area contributed by atoms with Gasteiger partial charge in [-0.3, -0.25) is 0 Å². The second-order valence-corrected chi connectivity index (χ2v) is 4.22. The molecule has 0 bridgehead atoms. The second-order valence-electron chi connectivity index (χ2n) is 4.22. The number of furan rings is 1. The molecule has 0 saturated heterocycles. The highest BCUT2D eigenvalue weighted by atomic mass is 19.1. The largest absolute Gasteiger partial charge is 0.472 e. The molecule has 3 heteroatoms. The van der Waals surface area contributed by atoms with Gasteiger partial charge in [-0.1, -0.05) is 12.1 Å². The Hall–Kier alpha value is -1.61. The number of hydrogen-bond donors (Lipinski definition) is 1. The van der Waals surface area contributed by atoms with Crippen molar-refractivity contribution in [2.24, 2.45) is 5.92 Å². The van der Waals surface area contributed by atoms with Crippen molar-refractivity contribution in [2.45, 2.75) is 12.8 Å². The molecular formula is C14H15FO2. The standard InChI is InChI=1S/C14H15FO2/c15-14-3-1-2-11(8-14)6-13(9-16)7-12-4-5-17-10-12/h1-5,8,10,13,16H,6-7,9H2. The number of hydrogen-bond acceptors (Lipinski definition) is 2. The van der Waals surface area contributed by atoms with Crippen LogP contribution in [-0.2, 0) is 12.8 Å². The van der Waals surface area contributed by atoms with E-state index in [1.165, 1.54) is 12.1 Å². The fourth-order valence-electron chi connectivity index (χ4n) is 1.94. The van der Waals surface area contributed by atoms with E-state index in [-0.39, 0.29) is 18.3 Å². The van der Waals surface area contributed by atoms with Gasteiger partial charge in [0, 0.05) is 6.61 Å². The zero-order valence-corrected chi connectivity index (χ0v) is 9.47. The topological polar surface area (TPSA) is 33.4 Å². The van der Waals surface area contributed by atoms with Gasteiger partial charge in [0.15, 0.2) is 0 Å². The van der Waals surface area contributed by atoms with Crippen LogP contribution in [0.5, 0.6) is 0 Å². The fraction of sp³-hybridized carbons (Fsp3) is 0.286. The van der Waals surface area contributed by atoms with Crippen LogP contribution in [-0.4, -0.2) is 11.7 Å². The van der Waals surface area contributed by atoms with Crippen molar-refractivity contribution in [2.75, 3.05) is 6.61 Å². The van der Waals surface area contributed by atoms with E-state index in [2.05, 4.69) is 0 Å². The highest BCUT2D eigenvalue weighted by Crippen LogP contribution is 2.15. The second kappa shape index (κ2) is 5.64. The predicted molar refractivity (Wildman–Crippen MR) is 63.1 cm³/mol. The molecule has 0 fully saturated rings. The monoisotopic (exact) mass is 234 g/mol. The number of benzene rings is 1. The summed E-state index contributed by atoms with van der Waals surface area (Å²) in [5.41, 5.74) is 1.97. The molecule has 0 aliphatic rings. The third-order valence-electron chi connectivity index (χ3n) is 2.78. The van der Waals surface area contributed by atoms with Crippen molar-refractivity contribution < 1.29 is 13.9 Å². The van der Waals surface area contributed by atoms with Gasteiger partial charge in [0.05, 0.1) is 12.5 Å². The smallest absolute Gasteiger partial charge is 0.123 e. The van der Waals surface area contributed by atoms with Crippen LogP contribution in [0.25, 0.3) is 0 Å². The van der Waals surface area contributed by atoms with Gasteiger partial charge in [0.2, 0.25) is 0 Å². The number of halogens is 1. The Bertz CT molecular complexity index is 451. The molecule has 0 aliphatic carbocycles. The molecule has 0 amide bonds. The summed E-state index contributed by atoms with van der Waals surface area (Å²) in [6.45, 7) is 0.0850. The van der Waals surface area contributed by atoms with E-state index >= 15 is 0 Å². The van der Waals surface area contributed by atoms with Crippen LogP contribution >= 0.6 is 0 Å². The molecule has 1 aromatic carbocycles. The van der Waals surface area contributed by atoms with Crippen LogP contribution in [0, 0.1) is 11.7 Å². The first-order chi connectivity index (χ1) is 8.28. The van der Waals surface area contributed by atoms with Gasteiger partial charge in [-0.25, -0.2) is 4.39 Å². The third-order valence-corrected chi connectivity index (χ3v) is 2.78. The predicted octanol–water partition coefficient (Wildman–Crippen LogP) is 2.81. The lowest BCUT2D eigenvalue weighted by molar-refractivity contribution is 0.224. The highest BCUT2D eigenvalue weighted by Gasteiger charge is 2.10. The van der Waals surface area contributed by atoms with Crippen molar-refractivity contribution in [1.29, 1.82) is 0 Å². The Morgan fingerprint density at radius 2 is 2.00 bits per heavy atom. The molecule has 1 heterocycles. The molecule has 2 rings (SSSR count). The summed E-state index contributed by atoms with van der Waals surface area (Å²) in [6.07, 6.45) is 4.70. The van der Waals surface area contributed by atoms with E-state index in [0.29, 0.717) is 6.42 Å². The van der Waals surface area contributed by atoms with Crippen molar-refractivity contribution in [1.82, 2.24) is 0 Å². The van der Waals surface area contributed by atoms with E-state index in [9.17, 15) is 9.50 Å². The minimum atomic E-state index is -0.234. The molecule has 2 aromatic rings. The van der Waals surface area contributed by atoms with Crippen LogP contribution in [0.2, 0.25) is 0 Å². The summed E-state index contributed by atoms with van der Waals surface area (Å²) in [6, 6.07) is 8.39. The number of aliphatic hydroxyl groups excluding tert-OH is 1. The van der Waals surface area contributed by atoms with E-state index in [4.69, 9.17) is 4.42 Å². The van der Waals surface area contributed by atoms with E-state index in [0.717, 1.165) is 17.5 Å². The average molecular weight is 234 g/mol. The van der Waals surface area contributed by atoms with Gasteiger partial charge in [-0.15, -0.1) is 0 Å². The normalized spacial score (nSPS) is 12.6. The first kappa shape index (κ1) is 11.9. The first-order valence-electron chi connectivity index (χ1n) is 5.64. The van der Waals surface area contributed by atoms with E-state index in [1.807, 2.05) is 12.1 Å². The summed E-state index contributed by atoms with van der Waals surface area (Å²) in [7, 11) is 0. The van der Waals surface area contributed by atoms with Crippen LogP contribution in [0.15, 0.2) is 47.3 Å². The molecule has 1 unspecified atom stereocenters. The molecule has 1 aromatic heterocycles. The van der Waals surface area contributed by atoms with Crippen molar-refractivity contribution in [3.63, 3.8) is 0 Å². The van der Waals surface area contributed by atoms with Gasteiger partial charge in [-0.05, 0) is 48.1 Å². The minimum Gasteiger partial charge on any atom is -0.472 e. The molecule has 1 N–H and O–H groups in total. The summed E-state index contributed by atoms with van der Waals surface area (Å²) in [4.78, 5) is 0. The number of rotatable bonds is 5. The Labute approximate surface area is 99.7 Å². The SMILES string of the molecule is OCC(Cc1ccoc1)Cc1cccc(F)c1. The van der Waals surface area contributed by atoms with Gasteiger partial charge in [-0.2, -0.15) is 0 Å². The van der Waals surface area contributed by atoms with Gasteiger partial charge in [0.25, 0.3) is 0 Å². The summed E-state index contributed by atoms with van der Waals surface area (Å²) in [5, 5.41) is 9.33. The van der Waals surface area contributed by atoms with E-state index in [1.54, 1.807) is 18.6 Å². The van der Waals surface area contributed by atoms with Gasteiger partial charge >= 0.3 is 0 Å². The lowest BCUT2D eigenvalue weighted by Gasteiger charge is -2.13. The van der Waals surface area contributed by atoms with Crippen LogP contribution in [0.1, 0.15) is 11.1 Å². The molecule has 0 saturated carbocycles. The van der Waals surface area contributed by atoms with Crippen LogP contribution in [0.4, 0.5) is 4.39 Å². The molecule has 17 heavy (non-hydrogen) atoms. The molecular weight excluding hydrogens is 219 g/mol. The third kappa shape index (κ3) is 3.43. The van der Waals surface area contributed by atoms with Gasteiger partial charge in [0.1, 0.15) is 5.82 Å². The minimum absolute atomic E-state index is 0.0850. The Kier molecular flexibility index (Phi) is 3.94. The molecule has 90 valence electrons. The van der Waals surface area contributed by atoms with Gasteiger partial charge < -0.3 is 9.52 Å². The zero-order valence-electron chi connectivity index (χ0n) is 9.47. The maximum atomic E-state index is 13.0. The van der Waals surface area contributed by atoms with Crippen LogP contribution in [0.3, 0.4) is 0 Å². The van der Waals surface area contributed by atoms with Crippen molar-refractivity contribution in [3.05, 3.63) is 59.8 Å². The Morgan fingerprint density at radius 3 is 2.65 bits per heavy atom. The zero-order chi connectivity index (χ0) is 12.1. The molecule has 1 atom stereocenters. The lowest BCUT2D eigenvalue weighted by atomic mass is 9.94. The Morgan fingerprint density at radius 1 is 1.18 bits per heavy atom. The average Bonchev–Trinajstić information content (AvgIpc) is 2.81. The maximum absolute atomic E-state index is 13.0. The lowest BCUT2D eigenvalue weighted by Crippen LogP contribution is -2.12. The summed E-state index contributed by atoms with van der Waals surface area (Å²) in [5.74, 6) is -0.142. The molecule has 0 radical (unpaired) electrons. The quantitative estimate of drug-likeness (QED) is 0.863. The van der Waals surface area contributed by atoms with Crippen LogP contribution < -0.4 is 0 Å².